The zero-order valence-corrected chi connectivity index (χ0v) is 17.8. The number of benzene rings is 1. The summed E-state index contributed by atoms with van der Waals surface area (Å²) in [5.41, 5.74) is 0.514. The summed E-state index contributed by atoms with van der Waals surface area (Å²) in [4.78, 5) is 0. The topological polar surface area (TPSA) is 21.8 Å². The van der Waals surface area contributed by atoms with E-state index in [0.29, 0.717) is 0 Å². The Hall–Kier alpha value is -1.08. The minimum Gasteiger partial charge on any atom is -0.399 e. The Kier molecular flexibility index (Phi) is 6.54. The highest BCUT2D eigenvalue weighted by Crippen LogP contribution is 2.50. The van der Waals surface area contributed by atoms with Crippen LogP contribution in [-0.2, 0) is 15.6 Å². The predicted octanol–water partition coefficient (Wildman–Crippen LogP) is 5.58. The van der Waals surface area contributed by atoms with Crippen LogP contribution in [0, 0.1) is 11.8 Å². The highest BCUT2D eigenvalue weighted by molar-refractivity contribution is 6.69. The average Bonchev–Trinajstić information content (AvgIpc) is 3.17. The summed E-state index contributed by atoms with van der Waals surface area (Å²) >= 11 is 0. The Labute approximate surface area is 155 Å². The quantitative estimate of drug-likeness (QED) is 0.262. The van der Waals surface area contributed by atoms with Gasteiger partial charge in [-0.15, -0.1) is 5.92 Å². The van der Waals surface area contributed by atoms with E-state index in [2.05, 4.69) is 82.6 Å². The van der Waals surface area contributed by atoms with Crippen molar-refractivity contribution in [3.05, 3.63) is 35.9 Å². The van der Waals surface area contributed by atoms with E-state index in [9.17, 15) is 0 Å². The number of epoxide rings is 1. The maximum Gasteiger partial charge on any atom is 0.185 e. The van der Waals surface area contributed by atoms with Crippen LogP contribution < -0.4 is 0 Å². The largest absolute Gasteiger partial charge is 0.399 e. The Morgan fingerprint density at radius 1 is 1.24 bits per heavy atom. The van der Waals surface area contributed by atoms with Gasteiger partial charge in [-0.05, 0) is 58.3 Å². The van der Waals surface area contributed by atoms with E-state index >= 15 is 0 Å². The Morgan fingerprint density at radius 3 is 2.40 bits per heavy atom. The first-order chi connectivity index (χ1) is 11.7. The third kappa shape index (κ3) is 5.20. The van der Waals surface area contributed by atoms with Gasteiger partial charge in [-0.1, -0.05) is 49.6 Å². The summed E-state index contributed by atoms with van der Waals surface area (Å²) in [6.07, 6.45) is 5.27. The van der Waals surface area contributed by atoms with Crippen molar-refractivity contribution >= 4 is 8.32 Å². The average molecular weight is 359 g/mol. The zero-order valence-electron chi connectivity index (χ0n) is 16.8. The summed E-state index contributed by atoms with van der Waals surface area (Å²) in [7, 11) is -1.78. The van der Waals surface area contributed by atoms with Gasteiger partial charge in [-0.3, -0.25) is 0 Å². The summed E-state index contributed by atoms with van der Waals surface area (Å²) in [5, 5.41) is 0. The van der Waals surface area contributed by atoms with E-state index < -0.39 is 13.9 Å². The fourth-order valence-corrected chi connectivity index (χ4v) is 4.73. The molecule has 0 spiro atoms. The second-order valence-electron chi connectivity index (χ2n) is 8.30. The first kappa shape index (κ1) is 20.2. The molecule has 1 aliphatic rings. The summed E-state index contributed by atoms with van der Waals surface area (Å²) in [6.45, 7) is 13.3. The maximum absolute atomic E-state index is 6.77. The highest BCUT2D eigenvalue weighted by atomic mass is 28.4. The number of ether oxygens (including phenoxy) is 1. The van der Waals surface area contributed by atoms with Crippen LogP contribution >= 0.6 is 0 Å². The van der Waals surface area contributed by atoms with Crippen molar-refractivity contribution in [2.45, 2.75) is 89.8 Å². The molecule has 1 aromatic carbocycles. The first-order valence-corrected chi connectivity index (χ1v) is 13.1. The molecule has 0 bridgehead atoms. The van der Waals surface area contributed by atoms with Crippen LogP contribution in [0.3, 0.4) is 0 Å². The van der Waals surface area contributed by atoms with Gasteiger partial charge in [0.05, 0.1) is 6.10 Å². The molecule has 1 heterocycles. The van der Waals surface area contributed by atoms with Crippen molar-refractivity contribution < 1.29 is 9.16 Å². The van der Waals surface area contributed by atoms with Crippen molar-refractivity contribution in [2.75, 3.05) is 0 Å². The van der Waals surface area contributed by atoms with Crippen LogP contribution in [0.2, 0.25) is 19.6 Å². The fraction of sp³-hybridized carbons (Fsp3) is 0.636. The van der Waals surface area contributed by atoms with Crippen LogP contribution in [0.5, 0.6) is 0 Å². The Bertz CT molecular complexity index is 610. The number of hydrogen-bond donors (Lipinski definition) is 0. The summed E-state index contributed by atoms with van der Waals surface area (Å²) < 4.78 is 12.8. The molecule has 1 unspecified atom stereocenters. The molecule has 1 aliphatic heterocycles. The van der Waals surface area contributed by atoms with Crippen molar-refractivity contribution in [3.8, 4) is 11.8 Å². The lowest BCUT2D eigenvalue weighted by atomic mass is 9.81. The lowest BCUT2D eigenvalue weighted by molar-refractivity contribution is 0.0309. The molecule has 0 aromatic heterocycles. The van der Waals surface area contributed by atoms with Gasteiger partial charge in [0.15, 0.2) is 8.32 Å². The van der Waals surface area contributed by atoms with Crippen molar-refractivity contribution in [1.82, 2.24) is 0 Å². The van der Waals surface area contributed by atoms with Crippen LogP contribution in [0.4, 0.5) is 0 Å². The van der Waals surface area contributed by atoms with Gasteiger partial charge in [0, 0.05) is 6.42 Å². The van der Waals surface area contributed by atoms with Crippen LogP contribution in [-0.4, -0.2) is 25.6 Å². The second-order valence-corrected chi connectivity index (χ2v) is 12.7. The van der Waals surface area contributed by atoms with E-state index in [-0.39, 0.29) is 11.7 Å². The molecule has 0 radical (unpaired) electrons. The molecular weight excluding hydrogens is 324 g/mol. The van der Waals surface area contributed by atoms with Gasteiger partial charge in [-0.25, -0.2) is 0 Å². The molecular formula is C22H34O2Si. The third-order valence-corrected chi connectivity index (χ3v) is 5.94. The third-order valence-electron chi connectivity index (χ3n) is 4.98. The molecule has 2 nitrogen and oxygen atoms in total. The molecule has 0 amide bonds. The van der Waals surface area contributed by atoms with E-state index in [1.165, 1.54) is 12.0 Å². The van der Waals surface area contributed by atoms with Crippen molar-refractivity contribution in [3.63, 3.8) is 0 Å². The van der Waals surface area contributed by atoms with Gasteiger partial charge in [0.2, 0.25) is 0 Å². The number of unbranched alkanes of at least 4 members (excludes halogenated alkanes) is 2. The summed E-state index contributed by atoms with van der Waals surface area (Å²) in [6, 6.07) is 10.6. The molecule has 1 aromatic rings. The molecule has 25 heavy (non-hydrogen) atoms. The van der Waals surface area contributed by atoms with E-state index in [4.69, 9.17) is 9.16 Å². The standard InChI is InChI=1S/C22H34O2Si/c1-7-8-9-13-17-22(24-25(4,5)6,21(3)19(2)23-21)18-16-20-14-11-10-12-15-20/h10-12,14-15,19H,7-9,16,18H2,1-6H3/t19-,21-,22?/m1/s1. The lowest BCUT2D eigenvalue weighted by Crippen LogP contribution is -2.52. The Morgan fingerprint density at radius 2 is 1.88 bits per heavy atom. The van der Waals surface area contributed by atoms with Gasteiger partial charge in [-0.2, -0.15) is 0 Å². The molecule has 0 N–H and O–H groups in total. The molecule has 2 rings (SSSR count). The van der Waals surface area contributed by atoms with E-state index in [1.54, 1.807) is 0 Å². The SMILES string of the molecule is CCCCC#CC(CCc1ccccc1)(O[Si](C)(C)C)[C@]1(C)O[C@@H]1C. The zero-order chi connectivity index (χ0) is 18.6. The number of rotatable bonds is 8. The fourth-order valence-electron chi connectivity index (χ4n) is 3.33. The molecule has 1 fully saturated rings. The number of aryl methyl sites for hydroxylation is 1. The van der Waals surface area contributed by atoms with Gasteiger partial charge in [0.1, 0.15) is 11.2 Å². The summed E-state index contributed by atoms with van der Waals surface area (Å²) in [5.74, 6) is 6.99. The first-order valence-electron chi connectivity index (χ1n) is 9.64. The minimum atomic E-state index is -1.78. The normalized spacial score (nSPS) is 25.0. The molecule has 3 heteroatoms. The predicted molar refractivity (Wildman–Crippen MR) is 108 cm³/mol. The van der Waals surface area contributed by atoms with Crippen LogP contribution in [0.25, 0.3) is 0 Å². The van der Waals surface area contributed by atoms with Gasteiger partial charge < -0.3 is 9.16 Å². The smallest absolute Gasteiger partial charge is 0.185 e. The molecule has 138 valence electrons. The van der Waals surface area contributed by atoms with E-state index in [0.717, 1.165) is 25.7 Å². The van der Waals surface area contributed by atoms with Crippen LogP contribution in [0.15, 0.2) is 30.3 Å². The van der Waals surface area contributed by atoms with Crippen molar-refractivity contribution in [2.24, 2.45) is 0 Å². The van der Waals surface area contributed by atoms with E-state index in [1.807, 2.05) is 0 Å². The molecule has 0 aliphatic carbocycles. The maximum atomic E-state index is 6.77. The number of hydrogen-bond acceptors (Lipinski definition) is 2. The second kappa shape index (κ2) is 8.08. The minimum absolute atomic E-state index is 0.195. The monoisotopic (exact) mass is 358 g/mol. The molecule has 3 atom stereocenters. The van der Waals surface area contributed by atoms with Crippen molar-refractivity contribution in [1.29, 1.82) is 0 Å². The van der Waals surface area contributed by atoms with Crippen LogP contribution in [0.1, 0.15) is 52.0 Å². The highest BCUT2D eigenvalue weighted by Gasteiger charge is 2.64. The van der Waals surface area contributed by atoms with Gasteiger partial charge >= 0.3 is 0 Å². The molecule has 0 saturated carbocycles. The lowest BCUT2D eigenvalue weighted by Gasteiger charge is -2.39. The Balaban J connectivity index is 2.30. The molecule has 1 saturated heterocycles. The van der Waals surface area contributed by atoms with Gasteiger partial charge in [0.25, 0.3) is 0 Å².